The normalized spacial score (nSPS) is 16.0. The summed E-state index contributed by atoms with van der Waals surface area (Å²) in [6, 6.07) is 6.21. The summed E-state index contributed by atoms with van der Waals surface area (Å²) in [6.45, 7) is 0.409. The predicted molar refractivity (Wildman–Crippen MR) is 82.5 cm³/mol. The van der Waals surface area contributed by atoms with Gasteiger partial charge in [0.05, 0.1) is 4.90 Å². The lowest BCUT2D eigenvalue weighted by atomic mass is 10.0. The van der Waals surface area contributed by atoms with Crippen LogP contribution < -0.4 is 5.32 Å². The fraction of sp³-hybridized carbons (Fsp3) is 0.533. The maximum atomic E-state index is 11.8. The summed E-state index contributed by atoms with van der Waals surface area (Å²) in [5, 5.41) is 2.86. The molecule has 1 fully saturated rings. The summed E-state index contributed by atoms with van der Waals surface area (Å²) >= 11 is 0. The summed E-state index contributed by atoms with van der Waals surface area (Å²) in [4.78, 5) is 11.8. The third-order valence-corrected chi connectivity index (χ3v) is 5.32. The Balaban J connectivity index is 1.75. The van der Waals surface area contributed by atoms with Crippen LogP contribution in [0.2, 0.25) is 0 Å². The van der Waals surface area contributed by atoms with Crippen LogP contribution in [0.3, 0.4) is 0 Å². The van der Waals surface area contributed by atoms with Gasteiger partial charge in [0.2, 0.25) is 5.91 Å². The molecule has 0 spiro atoms. The first-order chi connectivity index (χ1) is 9.95. The number of halogens is 1. The first kappa shape index (κ1) is 16.3. The zero-order valence-corrected chi connectivity index (χ0v) is 13.4. The van der Waals surface area contributed by atoms with Gasteiger partial charge in [-0.25, -0.2) is 8.42 Å². The van der Waals surface area contributed by atoms with Crippen LogP contribution in [0.25, 0.3) is 0 Å². The number of carbonyl (C=O) groups is 1. The molecule has 0 aromatic heterocycles. The van der Waals surface area contributed by atoms with E-state index in [1.54, 1.807) is 12.1 Å². The number of amides is 1. The molecule has 1 amide bonds. The van der Waals surface area contributed by atoms with E-state index in [1.165, 1.54) is 37.8 Å². The second-order valence-electron chi connectivity index (χ2n) is 5.55. The van der Waals surface area contributed by atoms with Crippen molar-refractivity contribution in [1.82, 2.24) is 5.32 Å². The molecule has 0 heterocycles. The van der Waals surface area contributed by atoms with E-state index in [4.69, 9.17) is 10.7 Å². The van der Waals surface area contributed by atoms with Crippen LogP contribution in [-0.2, 0) is 20.4 Å². The van der Waals surface area contributed by atoms with Gasteiger partial charge in [0.1, 0.15) is 0 Å². The Hall–Kier alpha value is -1.07. The van der Waals surface area contributed by atoms with E-state index in [1.807, 2.05) is 0 Å². The van der Waals surface area contributed by atoms with Crippen LogP contribution in [-0.4, -0.2) is 14.3 Å². The van der Waals surface area contributed by atoms with Crippen molar-refractivity contribution in [2.75, 3.05) is 0 Å². The highest BCUT2D eigenvalue weighted by Gasteiger charge is 2.16. The maximum absolute atomic E-state index is 11.8. The van der Waals surface area contributed by atoms with Gasteiger partial charge >= 0.3 is 0 Å². The van der Waals surface area contributed by atoms with E-state index in [9.17, 15) is 13.2 Å². The zero-order valence-electron chi connectivity index (χ0n) is 11.8. The summed E-state index contributed by atoms with van der Waals surface area (Å²) in [6.07, 6.45) is 6.63. The Morgan fingerprint density at radius 1 is 1.19 bits per heavy atom. The lowest BCUT2D eigenvalue weighted by Gasteiger charge is -2.09. The topological polar surface area (TPSA) is 63.2 Å². The van der Waals surface area contributed by atoms with Crippen LogP contribution in [0.1, 0.15) is 44.1 Å². The molecule has 0 unspecified atom stereocenters. The Morgan fingerprint density at radius 3 is 2.38 bits per heavy atom. The van der Waals surface area contributed by atoms with Crippen molar-refractivity contribution in [3.8, 4) is 0 Å². The van der Waals surface area contributed by atoms with E-state index in [0.29, 0.717) is 18.9 Å². The van der Waals surface area contributed by atoms with Gasteiger partial charge in [-0.15, -0.1) is 0 Å². The predicted octanol–water partition coefficient (Wildman–Crippen LogP) is 3.20. The summed E-state index contributed by atoms with van der Waals surface area (Å²) in [5.41, 5.74) is 0.855. The minimum atomic E-state index is -3.68. The molecule has 4 nitrogen and oxygen atoms in total. The summed E-state index contributed by atoms with van der Waals surface area (Å²) < 4.78 is 22.2. The van der Waals surface area contributed by atoms with Gasteiger partial charge in [0.15, 0.2) is 0 Å². The molecule has 0 atom stereocenters. The Bertz CT molecular complexity index is 577. The molecule has 21 heavy (non-hydrogen) atoms. The van der Waals surface area contributed by atoms with Crippen molar-refractivity contribution in [2.45, 2.75) is 50.0 Å². The molecular weight excluding hydrogens is 310 g/mol. The fourth-order valence-corrected chi connectivity index (χ4v) is 3.46. The first-order valence-corrected chi connectivity index (χ1v) is 9.56. The van der Waals surface area contributed by atoms with Crippen LogP contribution in [0.4, 0.5) is 0 Å². The highest BCUT2D eigenvalue weighted by atomic mass is 35.7. The molecule has 0 bridgehead atoms. The highest BCUT2D eigenvalue weighted by molar-refractivity contribution is 8.13. The highest BCUT2D eigenvalue weighted by Crippen LogP contribution is 2.28. The number of hydrogen-bond donors (Lipinski definition) is 1. The average molecular weight is 330 g/mol. The van der Waals surface area contributed by atoms with Crippen LogP contribution in [0, 0.1) is 5.92 Å². The third-order valence-electron chi connectivity index (χ3n) is 3.95. The van der Waals surface area contributed by atoms with E-state index in [-0.39, 0.29) is 10.8 Å². The minimum absolute atomic E-state index is 0.0518. The molecule has 116 valence electrons. The van der Waals surface area contributed by atoms with Gasteiger partial charge in [0, 0.05) is 23.6 Å². The van der Waals surface area contributed by atoms with E-state index in [0.717, 1.165) is 12.0 Å². The molecule has 1 aromatic rings. The van der Waals surface area contributed by atoms with Crippen LogP contribution >= 0.6 is 10.7 Å². The van der Waals surface area contributed by atoms with Crippen molar-refractivity contribution < 1.29 is 13.2 Å². The Morgan fingerprint density at radius 2 is 1.81 bits per heavy atom. The number of benzene rings is 1. The number of rotatable bonds is 6. The first-order valence-electron chi connectivity index (χ1n) is 7.25. The SMILES string of the molecule is O=C(CCC1CCCC1)NCc1ccc(S(=O)(=O)Cl)cc1. The summed E-state index contributed by atoms with van der Waals surface area (Å²) in [5.74, 6) is 0.764. The lowest BCUT2D eigenvalue weighted by molar-refractivity contribution is -0.121. The van der Waals surface area contributed by atoms with Gasteiger partial charge in [0.25, 0.3) is 9.05 Å². The molecule has 1 aromatic carbocycles. The second-order valence-corrected chi connectivity index (χ2v) is 8.11. The number of hydrogen-bond acceptors (Lipinski definition) is 3. The molecule has 2 rings (SSSR count). The average Bonchev–Trinajstić information content (AvgIpc) is 2.95. The molecule has 1 N–H and O–H groups in total. The Labute approximate surface area is 130 Å². The van der Waals surface area contributed by atoms with E-state index < -0.39 is 9.05 Å². The monoisotopic (exact) mass is 329 g/mol. The van der Waals surface area contributed by atoms with Crippen molar-refractivity contribution in [2.24, 2.45) is 5.92 Å². The van der Waals surface area contributed by atoms with Gasteiger partial charge in [-0.05, 0) is 30.0 Å². The molecule has 1 saturated carbocycles. The number of nitrogens with one attached hydrogen (secondary N) is 1. The third kappa shape index (κ3) is 5.32. The number of carbonyl (C=O) groups excluding carboxylic acids is 1. The largest absolute Gasteiger partial charge is 0.352 e. The molecule has 0 aliphatic heterocycles. The second kappa shape index (κ2) is 7.27. The van der Waals surface area contributed by atoms with Crippen LogP contribution in [0.15, 0.2) is 29.2 Å². The molecule has 6 heteroatoms. The maximum Gasteiger partial charge on any atom is 0.261 e. The summed E-state index contributed by atoms with van der Waals surface area (Å²) in [7, 11) is 1.56. The quantitative estimate of drug-likeness (QED) is 0.815. The molecule has 0 saturated heterocycles. The molecule has 1 aliphatic rings. The molecular formula is C15H20ClNO3S. The lowest BCUT2D eigenvalue weighted by Crippen LogP contribution is -2.23. The van der Waals surface area contributed by atoms with Gasteiger partial charge < -0.3 is 5.32 Å². The van der Waals surface area contributed by atoms with Gasteiger partial charge in [-0.1, -0.05) is 37.8 Å². The molecule has 0 radical (unpaired) electrons. The minimum Gasteiger partial charge on any atom is -0.352 e. The van der Waals surface area contributed by atoms with Crippen molar-refractivity contribution in [1.29, 1.82) is 0 Å². The molecule has 1 aliphatic carbocycles. The van der Waals surface area contributed by atoms with Crippen molar-refractivity contribution >= 4 is 25.6 Å². The van der Waals surface area contributed by atoms with Gasteiger partial charge in [-0.2, -0.15) is 0 Å². The standard InChI is InChI=1S/C15H20ClNO3S/c16-21(19,20)14-8-5-13(6-9-14)11-17-15(18)10-7-12-3-1-2-4-12/h5-6,8-9,12H,1-4,7,10-11H2,(H,17,18). The van der Waals surface area contributed by atoms with Gasteiger partial charge in [-0.3, -0.25) is 4.79 Å². The van der Waals surface area contributed by atoms with Crippen molar-refractivity contribution in [3.63, 3.8) is 0 Å². The zero-order chi connectivity index (χ0) is 15.3. The van der Waals surface area contributed by atoms with Crippen LogP contribution in [0.5, 0.6) is 0 Å². The Kier molecular flexibility index (Phi) is 5.65. The van der Waals surface area contributed by atoms with E-state index >= 15 is 0 Å². The van der Waals surface area contributed by atoms with Crippen molar-refractivity contribution in [3.05, 3.63) is 29.8 Å². The van der Waals surface area contributed by atoms with E-state index in [2.05, 4.69) is 5.32 Å². The smallest absolute Gasteiger partial charge is 0.261 e. The fourth-order valence-electron chi connectivity index (χ4n) is 2.69.